The molecule has 3 aromatic rings. The summed E-state index contributed by atoms with van der Waals surface area (Å²) in [6.45, 7) is -0.696. The normalized spacial score (nSPS) is 13.0. The fourth-order valence-corrected chi connectivity index (χ4v) is 2.87. The topological polar surface area (TPSA) is 57.1 Å². The molecule has 0 saturated heterocycles. The van der Waals surface area contributed by atoms with E-state index < -0.39 is 53.0 Å². The molecule has 6 nitrogen and oxygen atoms in total. The van der Waals surface area contributed by atoms with Gasteiger partial charge in [0, 0.05) is 23.7 Å². The Morgan fingerprint density at radius 2 is 1.74 bits per heavy atom. The van der Waals surface area contributed by atoms with Gasteiger partial charge in [-0.1, -0.05) is 5.92 Å². The number of aromatic nitrogens is 5. The van der Waals surface area contributed by atoms with Crippen LogP contribution in [0.15, 0.2) is 23.4 Å². The first-order chi connectivity index (χ1) is 14.2. The van der Waals surface area contributed by atoms with Crippen LogP contribution in [0, 0.1) is 19.3 Å². The van der Waals surface area contributed by atoms with Gasteiger partial charge >= 0.3 is 18.3 Å². The zero-order valence-electron chi connectivity index (χ0n) is 15.4. The van der Waals surface area contributed by atoms with Gasteiger partial charge in [0.2, 0.25) is 5.78 Å². The lowest BCUT2D eigenvalue weighted by Crippen LogP contribution is -2.40. The Kier molecular flexibility index (Phi) is 5.11. The number of nitrogens with zero attached hydrogens (tertiary/aromatic N) is 5. The second kappa shape index (κ2) is 7.10. The Morgan fingerprint density at radius 3 is 2.29 bits per heavy atom. The van der Waals surface area contributed by atoms with Crippen LogP contribution in [0.2, 0.25) is 0 Å². The molecule has 14 heteroatoms. The number of terminal acetylenes is 1. The first kappa shape index (κ1) is 22.3. The third-order valence-corrected chi connectivity index (χ3v) is 4.29. The van der Waals surface area contributed by atoms with E-state index in [9.17, 15) is 39.9 Å². The van der Waals surface area contributed by atoms with Crippen LogP contribution in [0.4, 0.5) is 35.1 Å². The second-order valence-corrected chi connectivity index (χ2v) is 6.50. The predicted octanol–water partition coefficient (Wildman–Crippen LogP) is 3.52. The summed E-state index contributed by atoms with van der Waals surface area (Å²) in [5.74, 6) is -3.39. The average molecular weight is 453 g/mol. The molecule has 0 spiro atoms. The third kappa shape index (κ3) is 3.87. The molecule has 3 heterocycles. The van der Waals surface area contributed by atoms with E-state index in [2.05, 4.69) is 16.0 Å². The van der Waals surface area contributed by atoms with Crippen LogP contribution in [0.1, 0.15) is 11.4 Å². The molecule has 0 radical (unpaired) electrons. The minimum absolute atomic E-state index is 0.103. The number of fused-ring (bicyclic) bond motifs is 1. The maximum Gasteiger partial charge on any atom is 0.455 e. The maximum absolute atomic E-state index is 13.6. The number of aryl methyl sites for hydroxylation is 1. The van der Waals surface area contributed by atoms with E-state index in [1.807, 2.05) is 0 Å². The van der Waals surface area contributed by atoms with Crippen LogP contribution in [0.3, 0.4) is 0 Å². The molecule has 166 valence electrons. The van der Waals surface area contributed by atoms with E-state index in [0.717, 1.165) is 4.40 Å². The van der Waals surface area contributed by atoms with Gasteiger partial charge in [0.1, 0.15) is 6.54 Å². The third-order valence-electron chi connectivity index (χ3n) is 4.29. The molecule has 3 aromatic heterocycles. The highest BCUT2D eigenvalue weighted by molar-refractivity contribution is 5.65. The van der Waals surface area contributed by atoms with E-state index in [0.29, 0.717) is 18.1 Å². The molecule has 0 aliphatic carbocycles. The molecule has 0 atom stereocenters. The van der Waals surface area contributed by atoms with Crippen molar-refractivity contribution in [2.45, 2.75) is 38.3 Å². The van der Waals surface area contributed by atoms with Crippen molar-refractivity contribution in [1.29, 1.82) is 0 Å². The van der Waals surface area contributed by atoms with Crippen molar-refractivity contribution in [3.63, 3.8) is 0 Å². The molecule has 0 aliphatic rings. The molecule has 0 aromatic carbocycles. The van der Waals surface area contributed by atoms with E-state index in [4.69, 9.17) is 6.42 Å². The Balaban J connectivity index is 2.22. The fraction of sp³-hybridized carbons (Fsp3) is 0.353. The monoisotopic (exact) mass is 453 g/mol. The lowest BCUT2D eigenvalue weighted by atomic mass is 10.1. The van der Waals surface area contributed by atoms with E-state index >= 15 is 0 Å². The van der Waals surface area contributed by atoms with Crippen molar-refractivity contribution in [2.24, 2.45) is 0 Å². The van der Waals surface area contributed by atoms with Gasteiger partial charge in [0.15, 0.2) is 5.69 Å². The molecule has 31 heavy (non-hydrogen) atoms. The Bertz CT molecular complexity index is 1240. The molecule has 3 rings (SSSR count). The van der Waals surface area contributed by atoms with Crippen molar-refractivity contribution in [3.05, 3.63) is 40.3 Å². The van der Waals surface area contributed by atoms with Crippen LogP contribution < -0.4 is 5.56 Å². The highest BCUT2D eigenvalue weighted by Crippen LogP contribution is 2.37. The van der Waals surface area contributed by atoms with Crippen molar-refractivity contribution < 1.29 is 35.1 Å². The average Bonchev–Trinajstić information content (AvgIpc) is 3.18. The summed E-state index contributed by atoms with van der Waals surface area (Å²) in [7, 11) is 0. The molecule has 0 N–H and O–H groups in total. The van der Waals surface area contributed by atoms with Crippen molar-refractivity contribution in [3.8, 4) is 23.5 Å². The van der Waals surface area contributed by atoms with Gasteiger partial charge in [-0.3, -0.25) is 13.9 Å². The van der Waals surface area contributed by atoms with Gasteiger partial charge in [-0.25, -0.2) is 4.98 Å². The Labute approximate surface area is 167 Å². The van der Waals surface area contributed by atoms with Crippen molar-refractivity contribution in [1.82, 2.24) is 23.7 Å². The minimum atomic E-state index is -5.90. The van der Waals surface area contributed by atoms with E-state index in [1.54, 1.807) is 0 Å². The lowest BCUT2D eigenvalue weighted by molar-refractivity contribution is -0.287. The molecule has 0 amide bonds. The van der Waals surface area contributed by atoms with Crippen LogP contribution >= 0.6 is 0 Å². The van der Waals surface area contributed by atoms with Gasteiger partial charge in [0.25, 0.3) is 5.56 Å². The number of rotatable bonds is 4. The number of imidazole rings is 1. The molecular weight excluding hydrogens is 442 g/mol. The quantitative estimate of drug-likeness (QED) is 0.449. The van der Waals surface area contributed by atoms with Gasteiger partial charge < -0.3 is 4.57 Å². The van der Waals surface area contributed by atoms with E-state index in [-0.39, 0.29) is 11.2 Å². The van der Waals surface area contributed by atoms with Crippen LogP contribution in [0.25, 0.3) is 16.9 Å². The highest BCUT2D eigenvalue weighted by Gasteiger charge is 2.57. The Hall–Kier alpha value is -3.37. The van der Waals surface area contributed by atoms with Crippen LogP contribution in [0.5, 0.6) is 0 Å². The number of hydrogen-bond acceptors (Lipinski definition) is 3. The Morgan fingerprint density at radius 1 is 1.10 bits per heavy atom. The number of hydrogen-bond donors (Lipinski definition) is 0. The molecule has 0 unspecified atom stereocenters. The summed E-state index contributed by atoms with van der Waals surface area (Å²) in [5.41, 5.74) is -4.24. The van der Waals surface area contributed by atoms with Gasteiger partial charge in [-0.05, 0) is 6.92 Å². The zero-order valence-corrected chi connectivity index (χ0v) is 15.4. The van der Waals surface area contributed by atoms with Crippen LogP contribution in [-0.4, -0.2) is 35.8 Å². The summed E-state index contributed by atoms with van der Waals surface area (Å²) in [4.78, 5) is 16.3. The SMILES string of the molecule is C#CCn1c(C)cn2c(=O)c(-c3cnn(CC(F)(F)C(F)(F)F)c3)c(C(F)(F)F)nc12. The highest BCUT2D eigenvalue weighted by atomic mass is 19.4. The standard InChI is InChI=1S/C17H11F8N5O/c1-3-4-29-9(2)6-30-13(31)11(12(16(20,21)22)27-14(29)30)10-5-26-28(7-10)8-15(18,19)17(23,24)25/h1,5-7H,4,8H2,2H3. The summed E-state index contributed by atoms with van der Waals surface area (Å²) < 4.78 is 107. The molecule has 0 saturated carbocycles. The summed E-state index contributed by atoms with van der Waals surface area (Å²) in [5, 5.41) is 3.25. The largest absolute Gasteiger partial charge is 0.455 e. The van der Waals surface area contributed by atoms with Gasteiger partial charge in [-0.2, -0.15) is 40.2 Å². The maximum atomic E-state index is 13.6. The first-order valence-electron chi connectivity index (χ1n) is 8.28. The smallest absolute Gasteiger partial charge is 0.303 e. The summed E-state index contributed by atoms with van der Waals surface area (Å²) in [6, 6.07) is 0. The second-order valence-electron chi connectivity index (χ2n) is 6.50. The molecule has 0 bridgehead atoms. The fourth-order valence-electron chi connectivity index (χ4n) is 2.87. The van der Waals surface area contributed by atoms with Crippen LogP contribution in [-0.2, 0) is 19.3 Å². The zero-order chi connectivity index (χ0) is 23.4. The predicted molar refractivity (Wildman–Crippen MR) is 90.2 cm³/mol. The summed E-state index contributed by atoms with van der Waals surface area (Å²) >= 11 is 0. The number of halogens is 8. The molecule has 0 fully saturated rings. The molecular formula is C17H11F8N5O. The van der Waals surface area contributed by atoms with Crippen molar-refractivity contribution in [2.75, 3.05) is 0 Å². The van der Waals surface area contributed by atoms with E-state index in [1.165, 1.54) is 17.7 Å². The van der Waals surface area contributed by atoms with Gasteiger partial charge in [-0.15, -0.1) is 6.42 Å². The number of alkyl halides is 8. The van der Waals surface area contributed by atoms with Crippen molar-refractivity contribution >= 4 is 5.78 Å². The van der Waals surface area contributed by atoms with Gasteiger partial charge in [0.05, 0.1) is 18.3 Å². The minimum Gasteiger partial charge on any atom is -0.303 e. The lowest BCUT2D eigenvalue weighted by Gasteiger charge is -2.19. The summed E-state index contributed by atoms with van der Waals surface area (Å²) in [6.07, 6.45) is -3.62. The molecule has 0 aliphatic heterocycles. The first-order valence-corrected chi connectivity index (χ1v) is 8.28.